The molecular formula is C22H17ClN2O6S. The molecule has 0 saturated carbocycles. The Labute approximate surface area is 191 Å². The zero-order valence-electron chi connectivity index (χ0n) is 17.0. The molecular weight excluding hydrogens is 456 g/mol. The average Bonchev–Trinajstić information content (AvgIpc) is 3.48. The summed E-state index contributed by atoms with van der Waals surface area (Å²) in [5.41, 5.74) is 0.737. The molecule has 0 aliphatic carbocycles. The van der Waals surface area contributed by atoms with Crippen LogP contribution in [0.1, 0.15) is 44.4 Å². The number of aliphatic hydroxyl groups is 1. The fraction of sp³-hybridized carbons (Fsp3) is 0.182. The SMILES string of the molecule is CCOC(=O)c1sc(N2C(=O)C(O)=C(C(=O)c3ccco3)[C@H]2c2ccc(Cl)cc2)nc1C. The first kappa shape index (κ1) is 21.8. The number of ether oxygens (including phenoxy) is 1. The van der Waals surface area contributed by atoms with Crippen LogP contribution in [0.5, 0.6) is 0 Å². The summed E-state index contributed by atoms with van der Waals surface area (Å²) >= 11 is 6.96. The van der Waals surface area contributed by atoms with E-state index in [1.54, 1.807) is 38.1 Å². The molecule has 0 fully saturated rings. The zero-order chi connectivity index (χ0) is 23.0. The van der Waals surface area contributed by atoms with Crippen LogP contribution in [0.15, 0.2) is 58.4 Å². The highest BCUT2D eigenvalue weighted by molar-refractivity contribution is 7.17. The molecule has 1 aliphatic rings. The monoisotopic (exact) mass is 472 g/mol. The number of anilines is 1. The van der Waals surface area contributed by atoms with E-state index in [1.165, 1.54) is 23.3 Å². The maximum absolute atomic E-state index is 13.1. The lowest BCUT2D eigenvalue weighted by Crippen LogP contribution is -2.31. The Kier molecular flexibility index (Phi) is 5.86. The van der Waals surface area contributed by atoms with Gasteiger partial charge in [0.05, 0.1) is 30.2 Å². The summed E-state index contributed by atoms with van der Waals surface area (Å²) in [4.78, 5) is 44.3. The second-order valence-electron chi connectivity index (χ2n) is 6.83. The van der Waals surface area contributed by atoms with Gasteiger partial charge in [0.2, 0.25) is 5.78 Å². The smallest absolute Gasteiger partial charge is 0.350 e. The number of nitrogens with zero attached hydrogens (tertiary/aromatic N) is 2. The van der Waals surface area contributed by atoms with Gasteiger partial charge < -0.3 is 14.3 Å². The lowest BCUT2D eigenvalue weighted by atomic mass is 9.95. The lowest BCUT2D eigenvalue weighted by Gasteiger charge is -2.24. The first-order valence-electron chi connectivity index (χ1n) is 9.58. The number of hydrogen-bond acceptors (Lipinski definition) is 8. The number of aryl methyl sites for hydroxylation is 1. The molecule has 0 saturated heterocycles. The number of amides is 1. The molecule has 1 N–H and O–H groups in total. The van der Waals surface area contributed by atoms with Crippen molar-refractivity contribution >= 4 is 45.7 Å². The summed E-state index contributed by atoms with van der Waals surface area (Å²) in [6.45, 7) is 3.49. The largest absolute Gasteiger partial charge is 0.503 e. The Morgan fingerprint density at radius 3 is 2.62 bits per heavy atom. The highest BCUT2D eigenvalue weighted by Gasteiger charge is 2.46. The molecule has 1 amide bonds. The predicted octanol–water partition coefficient (Wildman–Crippen LogP) is 4.66. The Morgan fingerprint density at radius 1 is 1.28 bits per heavy atom. The van der Waals surface area contributed by atoms with Crippen molar-refractivity contribution in [3.05, 3.63) is 80.9 Å². The van der Waals surface area contributed by atoms with Crippen molar-refractivity contribution in [1.82, 2.24) is 4.98 Å². The lowest BCUT2D eigenvalue weighted by molar-refractivity contribution is -0.117. The number of carbonyl (C=O) groups is 3. The Morgan fingerprint density at radius 2 is 2.00 bits per heavy atom. The molecule has 3 heterocycles. The molecule has 0 bridgehead atoms. The van der Waals surface area contributed by atoms with Crippen LogP contribution >= 0.6 is 22.9 Å². The van der Waals surface area contributed by atoms with E-state index in [9.17, 15) is 19.5 Å². The normalized spacial score (nSPS) is 16.0. The van der Waals surface area contributed by atoms with Gasteiger partial charge in [0.15, 0.2) is 16.7 Å². The first-order chi connectivity index (χ1) is 15.3. The summed E-state index contributed by atoms with van der Waals surface area (Å²) in [5, 5.41) is 11.3. The fourth-order valence-corrected chi connectivity index (χ4v) is 4.52. The molecule has 8 nitrogen and oxygen atoms in total. The number of benzene rings is 1. The maximum Gasteiger partial charge on any atom is 0.350 e. The van der Waals surface area contributed by atoms with Crippen LogP contribution in [-0.4, -0.2) is 34.4 Å². The van der Waals surface area contributed by atoms with E-state index in [-0.39, 0.29) is 27.9 Å². The van der Waals surface area contributed by atoms with Crippen LogP contribution in [0.25, 0.3) is 0 Å². The summed E-state index contributed by atoms with van der Waals surface area (Å²) in [5.74, 6) is -2.75. The second-order valence-corrected chi connectivity index (χ2v) is 8.24. The number of aliphatic hydroxyl groups excluding tert-OH is 1. The Hall–Kier alpha value is -3.43. The van der Waals surface area contributed by atoms with Crippen molar-refractivity contribution in [3.8, 4) is 0 Å². The van der Waals surface area contributed by atoms with Gasteiger partial charge in [-0.1, -0.05) is 35.1 Å². The number of halogens is 1. The average molecular weight is 473 g/mol. The van der Waals surface area contributed by atoms with Crippen molar-refractivity contribution in [1.29, 1.82) is 0 Å². The van der Waals surface area contributed by atoms with Crippen molar-refractivity contribution < 1.29 is 28.6 Å². The number of esters is 1. The van der Waals surface area contributed by atoms with Gasteiger partial charge in [-0.25, -0.2) is 9.78 Å². The van der Waals surface area contributed by atoms with Gasteiger partial charge >= 0.3 is 5.97 Å². The Balaban J connectivity index is 1.84. The molecule has 3 aromatic rings. The van der Waals surface area contributed by atoms with Crippen LogP contribution in [0.3, 0.4) is 0 Å². The Bertz CT molecular complexity index is 1230. The van der Waals surface area contributed by atoms with Crippen LogP contribution in [0.2, 0.25) is 5.02 Å². The van der Waals surface area contributed by atoms with Crippen molar-refractivity contribution in [2.24, 2.45) is 0 Å². The van der Waals surface area contributed by atoms with E-state index >= 15 is 0 Å². The van der Waals surface area contributed by atoms with Crippen molar-refractivity contribution in [2.45, 2.75) is 19.9 Å². The number of rotatable bonds is 6. The summed E-state index contributed by atoms with van der Waals surface area (Å²) < 4.78 is 10.2. The van der Waals surface area contributed by atoms with Crippen LogP contribution in [0, 0.1) is 6.92 Å². The van der Waals surface area contributed by atoms with Gasteiger partial charge in [-0.05, 0) is 43.7 Å². The van der Waals surface area contributed by atoms with Gasteiger partial charge in [0, 0.05) is 5.02 Å². The quantitative estimate of drug-likeness (QED) is 0.410. The highest BCUT2D eigenvalue weighted by atomic mass is 35.5. The van der Waals surface area contributed by atoms with Gasteiger partial charge in [-0.3, -0.25) is 14.5 Å². The molecule has 4 rings (SSSR count). The number of carbonyl (C=O) groups excluding carboxylic acids is 3. The third-order valence-electron chi connectivity index (χ3n) is 4.84. The number of Topliss-reactive ketones (excluding diaryl/α,β-unsaturated/α-hetero) is 1. The summed E-state index contributed by atoms with van der Waals surface area (Å²) in [7, 11) is 0. The van der Waals surface area contributed by atoms with Crippen molar-refractivity contribution in [3.63, 3.8) is 0 Å². The second kappa shape index (κ2) is 8.60. The molecule has 1 atom stereocenters. The van der Waals surface area contributed by atoms with E-state index in [4.69, 9.17) is 20.8 Å². The number of furan rings is 1. The molecule has 1 aromatic carbocycles. The molecule has 2 aromatic heterocycles. The van der Waals surface area contributed by atoms with Crippen LogP contribution in [-0.2, 0) is 9.53 Å². The number of thiazole rings is 1. The summed E-state index contributed by atoms with van der Waals surface area (Å²) in [6.07, 6.45) is 1.33. The zero-order valence-corrected chi connectivity index (χ0v) is 18.6. The number of aromatic nitrogens is 1. The number of hydrogen-bond donors (Lipinski definition) is 1. The minimum atomic E-state index is -1.00. The third kappa shape index (κ3) is 3.69. The first-order valence-corrected chi connectivity index (χ1v) is 10.8. The van der Waals surface area contributed by atoms with Gasteiger partial charge in [0.1, 0.15) is 4.88 Å². The van der Waals surface area contributed by atoms with E-state index in [2.05, 4.69) is 4.98 Å². The van der Waals surface area contributed by atoms with E-state index in [0.29, 0.717) is 16.3 Å². The van der Waals surface area contributed by atoms with Crippen LogP contribution in [0.4, 0.5) is 5.13 Å². The van der Waals surface area contributed by atoms with Crippen molar-refractivity contribution in [2.75, 3.05) is 11.5 Å². The van der Waals surface area contributed by atoms with Crippen LogP contribution < -0.4 is 4.90 Å². The predicted molar refractivity (Wildman–Crippen MR) is 117 cm³/mol. The molecule has 0 spiro atoms. The number of ketones is 1. The molecule has 0 unspecified atom stereocenters. The fourth-order valence-electron chi connectivity index (χ4n) is 3.41. The molecule has 32 heavy (non-hydrogen) atoms. The van der Waals surface area contributed by atoms with E-state index in [1.807, 2.05) is 0 Å². The summed E-state index contributed by atoms with van der Waals surface area (Å²) in [6, 6.07) is 8.50. The highest BCUT2D eigenvalue weighted by Crippen LogP contribution is 2.44. The molecule has 0 radical (unpaired) electrons. The maximum atomic E-state index is 13.1. The third-order valence-corrected chi connectivity index (χ3v) is 6.22. The molecule has 10 heteroatoms. The van der Waals surface area contributed by atoms with E-state index in [0.717, 1.165) is 11.3 Å². The molecule has 164 valence electrons. The molecule has 1 aliphatic heterocycles. The minimum Gasteiger partial charge on any atom is -0.503 e. The standard InChI is InChI=1S/C22H17ClN2O6S/c1-3-30-21(29)19-11(2)24-22(32-19)25-16(12-6-8-13(23)9-7-12)15(18(27)20(25)28)17(26)14-5-4-10-31-14/h4-10,16,27H,3H2,1-2H3/t16-/m1/s1. The van der Waals surface area contributed by atoms with Gasteiger partial charge in [-0.15, -0.1) is 0 Å². The van der Waals surface area contributed by atoms with E-state index < -0.39 is 29.5 Å². The van der Waals surface area contributed by atoms with Gasteiger partial charge in [-0.2, -0.15) is 0 Å². The van der Waals surface area contributed by atoms with Gasteiger partial charge in [0.25, 0.3) is 5.91 Å². The topological polar surface area (TPSA) is 110 Å². The minimum absolute atomic E-state index is 0.0253.